The molecule has 1 aromatic heterocycles. The summed E-state index contributed by atoms with van der Waals surface area (Å²) in [6.07, 6.45) is 0. The number of H-pyrrole nitrogens is 1. The average Bonchev–Trinajstić information content (AvgIpc) is 2.60. The molecule has 6 nitrogen and oxygen atoms in total. The van der Waals surface area contributed by atoms with E-state index in [9.17, 15) is 4.79 Å². The molecule has 0 saturated carbocycles. The largest absolute Gasteiger partial charge is 0.399 e. The molecule has 0 fully saturated rings. The van der Waals surface area contributed by atoms with Gasteiger partial charge in [-0.05, 0) is 32.0 Å². The summed E-state index contributed by atoms with van der Waals surface area (Å²) in [4.78, 5) is 12.1. The van der Waals surface area contributed by atoms with E-state index in [2.05, 4.69) is 15.5 Å². The number of aryl methyl sites for hydroxylation is 2. The fraction of sp³-hybridized carbons (Fsp3) is 0.167. The number of nitrogen functional groups attached to an aromatic ring is 2. The molecular weight excluding hydrogens is 230 g/mol. The number of carbonyl (C=O) groups excluding carboxylic acids is 1. The van der Waals surface area contributed by atoms with Crippen LogP contribution in [0.25, 0.3) is 0 Å². The van der Waals surface area contributed by atoms with Gasteiger partial charge in [0, 0.05) is 11.4 Å². The Kier molecular flexibility index (Phi) is 2.93. The van der Waals surface area contributed by atoms with Gasteiger partial charge < -0.3 is 16.8 Å². The Morgan fingerprint density at radius 3 is 2.61 bits per heavy atom. The van der Waals surface area contributed by atoms with Crippen LogP contribution in [0.3, 0.4) is 0 Å². The molecule has 2 aromatic rings. The zero-order valence-corrected chi connectivity index (χ0v) is 10.2. The minimum atomic E-state index is -0.278. The van der Waals surface area contributed by atoms with Crippen LogP contribution in [-0.4, -0.2) is 16.1 Å². The summed E-state index contributed by atoms with van der Waals surface area (Å²) in [5, 5.41) is 9.59. The number of anilines is 3. The first-order chi connectivity index (χ1) is 8.49. The molecule has 0 aliphatic carbocycles. The number of nitrogens with two attached hydrogens (primary N) is 2. The van der Waals surface area contributed by atoms with E-state index in [1.807, 2.05) is 13.8 Å². The van der Waals surface area contributed by atoms with Crippen LogP contribution in [0.4, 0.5) is 17.1 Å². The predicted molar refractivity (Wildman–Crippen MR) is 71.3 cm³/mol. The van der Waals surface area contributed by atoms with Gasteiger partial charge in [0.2, 0.25) is 0 Å². The van der Waals surface area contributed by atoms with E-state index in [0.717, 1.165) is 11.4 Å². The van der Waals surface area contributed by atoms with Gasteiger partial charge in [-0.3, -0.25) is 9.89 Å². The Balaban J connectivity index is 2.28. The summed E-state index contributed by atoms with van der Waals surface area (Å²) in [6, 6.07) is 4.80. The highest BCUT2D eigenvalue weighted by molar-refractivity contribution is 6.08. The molecule has 2 rings (SSSR count). The minimum absolute atomic E-state index is 0.278. The maximum Gasteiger partial charge on any atom is 0.257 e. The van der Waals surface area contributed by atoms with Crippen molar-refractivity contribution in [3.63, 3.8) is 0 Å². The predicted octanol–water partition coefficient (Wildman–Crippen LogP) is 1.44. The highest BCUT2D eigenvalue weighted by atomic mass is 16.1. The summed E-state index contributed by atoms with van der Waals surface area (Å²) in [7, 11) is 0. The Morgan fingerprint density at radius 2 is 2.06 bits per heavy atom. The number of hydrogen-bond donors (Lipinski definition) is 4. The van der Waals surface area contributed by atoms with E-state index in [4.69, 9.17) is 11.5 Å². The highest BCUT2D eigenvalue weighted by Gasteiger charge is 2.14. The molecule has 0 atom stereocenters. The fourth-order valence-electron chi connectivity index (χ4n) is 1.70. The zero-order chi connectivity index (χ0) is 13.3. The van der Waals surface area contributed by atoms with Crippen molar-refractivity contribution in [3.05, 3.63) is 35.2 Å². The van der Waals surface area contributed by atoms with Gasteiger partial charge in [-0.1, -0.05) is 0 Å². The SMILES string of the molecule is Cc1n[nH]c(C)c1NC(=O)c1ccc(N)cc1N. The number of amides is 1. The van der Waals surface area contributed by atoms with Crippen LogP contribution >= 0.6 is 0 Å². The van der Waals surface area contributed by atoms with E-state index in [1.54, 1.807) is 18.2 Å². The number of nitrogens with zero attached hydrogens (tertiary/aromatic N) is 1. The maximum atomic E-state index is 12.1. The first-order valence-corrected chi connectivity index (χ1v) is 5.47. The number of rotatable bonds is 2. The van der Waals surface area contributed by atoms with Gasteiger partial charge in [0.1, 0.15) is 0 Å². The Labute approximate surface area is 104 Å². The summed E-state index contributed by atoms with van der Waals surface area (Å²) >= 11 is 0. The standard InChI is InChI=1S/C12H15N5O/c1-6-11(7(2)17-16-6)15-12(18)9-4-3-8(13)5-10(9)14/h3-5H,13-14H2,1-2H3,(H,15,18)(H,16,17). The van der Waals surface area contributed by atoms with Gasteiger partial charge in [-0.15, -0.1) is 0 Å². The molecular formula is C12H15N5O. The first kappa shape index (κ1) is 12.0. The Hall–Kier alpha value is -2.50. The zero-order valence-electron chi connectivity index (χ0n) is 10.2. The van der Waals surface area contributed by atoms with Gasteiger partial charge in [0.05, 0.1) is 22.6 Å². The summed E-state index contributed by atoms with van der Waals surface area (Å²) in [5.41, 5.74) is 14.8. The van der Waals surface area contributed by atoms with Gasteiger partial charge in [-0.25, -0.2) is 0 Å². The fourth-order valence-corrected chi connectivity index (χ4v) is 1.70. The lowest BCUT2D eigenvalue weighted by Gasteiger charge is -2.08. The molecule has 0 unspecified atom stereocenters. The van der Waals surface area contributed by atoms with Crippen LogP contribution < -0.4 is 16.8 Å². The molecule has 6 N–H and O–H groups in total. The monoisotopic (exact) mass is 245 g/mol. The van der Waals surface area contributed by atoms with Crippen molar-refractivity contribution in [2.24, 2.45) is 0 Å². The molecule has 0 spiro atoms. The minimum Gasteiger partial charge on any atom is -0.399 e. The van der Waals surface area contributed by atoms with E-state index in [0.29, 0.717) is 22.6 Å². The second kappa shape index (κ2) is 4.40. The molecule has 0 aliphatic heterocycles. The summed E-state index contributed by atoms with van der Waals surface area (Å²) in [5.74, 6) is -0.278. The van der Waals surface area contributed by atoms with Crippen LogP contribution in [0, 0.1) is 13.8 Å². The van der Waals surface area contributed by atoms with E-state index < -0.39 is 0 Å². The third-order valence-corrected chi connectivity index (χ3v) is 2.69. The van der Waals surface area contributed by atoms with Crippen LogP contribution in [0.15, 0.2) is 18.2 Å². The normalized spacial score (nSPS) is 10.3. The smallest absolute Gasteiger partial charge is 0.257 e. The van der Waals surface area contributed by atoms with Crippen molar-refractivity contribution >= 4 is 23.0 Å². The molecule has 1 amide bonds. The van der Waals surface area contributed by atoms with Gasteiger partial charge in [0.15, 0.2) is 0 Å². The quantitative estimate of drug-likeness (QED) is 0.600. The lowest BCUT2D eigenvalue weighted by molar-refractivity contribution is 0.102. The van der Waals surface area contributed by atoms with Crippen molar-refractivity contribution in [3.8, 4) is 0 Å². The second-order valence-corrected chi connectivity index (χ2v) is 4.11. The molecule has 0 saturated heterocycles. The lowest BCUT2D eigenvalue weighted by atomic mass is 10.1. The number of aromatic amines is 1. The molecule has 0 bridgehead atoms. The number of benzene rings is 1. The summed E-state index contributed by atoms with van der Waals surface area (Å²) < 4.78 is 0. The molecule has 18 heavy (non-hydrogen) atoms. The van der Waals surface area contributed by atoms with Crippen molar-refractivity contribution < 1.29 is 4.79 Å². The van der Waals surface area contributed by atoms with Crippen molar-refractivity contribution in [1.29, 1.82) is 0 Å². The van der Waals surface area contributed by atoms with Crippen molar-refractivity contribution in [2.75, 3.05) is 16.8 Å². The third-order valence-electron chi connectivity index (χ3n) is 2.69. The molecule has 94 valence electrons. The average molecular weight is 245 g/mol. The van der Waals surface area contributed by atoms with Gasteiger partial charge >= 0.3 is 0 Å². The molecule has 6 heteroatoms. The lowest BCUT2D eigenvalue weighted by Crippen LogP contribution is -2.15. The number of carbonyl (C=O) groups is 1. The molecule has 1 aromatic carbocycles. The second-order valence-electron chi connectivity index (χ2n) is 4.11. The third kappa shape index (κ3) is 2.13. The Morgan fingerprint density at radius 1 is 1.33 bits per heavy atom. The molecule has 1 heterocycles. The van der Waals surface area contributed by atoms with Gasteiger partial charge in [-0.2, -0.15) is 5.10 Å². The van der Waals surface area contributed by atoms with Crippen LogP contribution in [0.5, 0.6) is 0 Å². The number of aromatic nitrogens is 2. The van der Waals surface area contributed by atoms with E-state index in [-0.39, 0.29) is 5.91 Å². The Bertz CT molecular complexity index is 583. The number of hydrogen-bond acceptors (Lipinski definition) is 4. The van der Waals surface area contributed by atoms with Crippen LogP contribution in [0.2, 0.25) is 0 Å². The van der Waals surface area contributed by atoms with Gasteiger partial charge in [0.25, 0.3) is 5.91 Å². The molecule has 0 radical (unpaired) electrons. The van der Waals surface area contributed by atoms with Crippen molar-refractivity contribution in [1.82, 2.24) is 10.2 Å². The topological polar surface area (TPSA) is 110 Å². The highest BCUT2D eigenvalue weighted by Crippen LogP contribution is 2.20. The van der Waals surface area contributed by atoms with Crippen LogP contribution in [-0.2, 0) is 0 Å². The molecule has 0 aliphatic rings. The van der Waals surface area contributed by atoms with E-state index in [1.165, 1.54) is 0 Å². The maximum absolute atomic E-state index is 12.1. The number of nitrogens with one attached hydrogen (secondary N) is 2. The van der Waals surface area contributed by atoms with Crippen LogP contribution in [0.1, 0.15) is 21.7 Å². The summed E-state index contributed by atoms with van der Waals surface area (Å²) in [6.45, 7) is 3.65. The van der Waals surface area contributed by atoms with Crippen molar-refractivity contribution in [2.45, 2.75) is 13.8 Å². The van der Waals surface area contributed by atoms with E-state index >= 15 is 0 Å². The first-order valence-electron chi connectivity index (χ1n) is 5.47.